The minimum absolute atomic E-state index is 0.681. The smallest absolute Gasteiger partial charge is 0.149 e. The summed E-state index contributed by atoms with van der Waals surface area (Å²) >= 11 is 5.91. The lowest BCUT2D eigenvalue weighted by Gasteiger charge is -1.97. The summed E-state index contributed by atoms with van der Waals surface area (Å²) in [5, 5.41) is 4.77. The summed E-state index contributed by atoms with van der Waals surface area (Å²) in [7, 11) is 0. The molecule has 2 aromatic heterocycles. The van der Waals surface area contributed by atoms with Crippen molar-refractivity contribution in [2.45, 2.75) is 6.92 Å². The van der Waals surface area contributed by atoms with Crippen molar-refractivity contribution in [2.24, 2.45) is 0 Å². The molecule has 2 heterocycles. The Morgan fingerprint density at radius 1 is 1.05 bits per heavy atom. The van der Waals surface area contributed by atoms with Crippen molar-refractivity contribution >= 4 is 11.6 Å². The van der Waals surface area contributed by atoms with Crippen LogP contribution in [0.2, 0.25) is 5.02 Å². The van der Waals surface area contributed by atoms with Crippen molar-refractivity contribution < 1.29 is 4.52 Å². The van der Waals surface area contributed by atoms with Gasteiger partial charge in [0.1, 0.15) is 17.1 Å². The molecule has 21 heavy (non-hydrogen) atoms. The third-order valence-electron chi connectivity index (χ3n) is 2.96. The van der Waals surface area contributed by atoms with E-state index in [2.05, 4.69) is 22.0 Å². The summed E-state index contributed by atoms with van der Waals surface area (Å²) in [4.78, 5) is 4.18. The summed E-state index contributed by atoms with van der Waals surface area (Å²) in [5.41, 5.74) is 3.11. The summed E-state index contributed by atoms with van der Waals surface area (Å²) < 4.78 is 5.26. The van der Waals surface area contributed by atoms with Crippen molar-refractivity contribution in [1.29, 1.82) is 0 Å². The standard InChI is InChI=1S/C17H11ClN2O/c1-12-16(10-9-15-4-2-3-11-19-15)17(20-21-12)13-5-7-14(18)8-6-13/h2-8,11H,1H3. The number of halogens is 1. The predicted molar refractivity (Wildman–Crippen MR) is 81.9 cm³/mol. The topological polar surface area (TPSA) is 38.9 Å². The number of hydrogen-bond donors (Lipinski definition) is 0. The van der Waals surface area contributed by atoms with E-state index in [1.807, 2.05) is 49.4 Å². The van der Waals surface area contributed by atoms with Crippen LogP contribution in [-0.4, -0.2) is 10.1 Å². The maximum atomic E-state index is 5.91. The van der Waals surface area contributed by atoms with Crippen LogP contribution in [-0.2, 0) is 0 Å². The van der Waals surface area contributed by atoms with Crippen LogP contribution >= 0.6 is 11.6 Å². The van der Waals surface area contributed by atoms with Gasteiger partial charge in [0.15, 0.2) is 0 Å². The van der Waals surface area contributed by atoms with Crippen LogP contribution in [0.25, 0.3) is 11.3 Å². The fourth-order valence-electron chi connectivity index (χ4n) is 1.89. The van der Waals surface area contributed by atoms with E-state index < -0.39 is 0 Å². The van der Waals surface area contributed by atoms with Crippen LogP contribution in [0.3, 0.4) is 0 Å². The zero-order valence-electron chi connectivity index (χ0n) is 11.3. The molecule has 0 unspecified atom stereocenters. The first-order valence-corrected chi connectivity index (χ1v) is 6.77. The van der Waals surface area contributed by atoms with E-state index in [0.29, 0.717) is 22.2 Å². The van der Waals surface area contributed by atoms with Gasteiger partial charge in [0.05, 0.1) is 5.56 Å². The van der Waals surface area contributed by atoms with Gasteiger partial charge in [-0.15, -0.1) is 0 Å². The second-order valence-electron chi connectivity index (χ2n) is 4.43. The van der Waals surface area contributed by atoms with E-state index in [1.165, 1.54) is 0 Å². The number of hydrogen-bond acceptors (Lipinski definition) is 3. The normalized spacial score (nSPS) is 10.0. The van der Waals surface area contributed by atoms with Gasteiger partial charge < -0.3 is 4.52 Å². The molecule has 0 spiro atoms. The molecule has 3 nitrogen and oxygen atoms in total. The Balaban J connectivity index is 2.02. The highest BCUT2D eigenvalue weighted by Crippen LogP contribution is 2.25. The Hall–Kier alpha value is -2.57. The second kappa shape index (κ2) is 5.82. The minimum atomic E-state index is 0.681. The maximum absolute atomic E-state index is 5.91. The molecule has 0 saturated carbocycles. The average molecular weight is 295 g/mol. The van der Waals surface area contributed by atoms with Gasteiger partial charge in [-0.3, -0.25) is 0 Å². The summed E-state index contributed by atoms with van der Waals surface area (Å²) in [6, 6.07) is 13.0. The number of nitrogens with zero attached hydrogens (tertiary/aromatic N) is 2. The molecule has 4 heteroatoms. The van der Waals surface area contributed by atoms with Crippen molar-refractivity contribution in [1.82, 2.24) is 10.1 Å². The first-order valence-electron chi connectivity index (χ1n) is 6.39. The lowest BCUT2D eigenvalue weighted by molar-refractivity contribution is 0.399. The Morgan fingerprint density at radius 3 is 2.57 bits per heavy atom. The minimum Gasteiger partial charge on any atom is -0.360 e. The van der Waals surface area contributed by atoms with Crippen LogP contribution in [0.4, 0.5) is 0 Å². The zero-order chi connectivity index (χ0) is 14.7. The molecular weight excluding hydrogens is 284 g/mol. The van der Waals surface area contributed by atoms with Gasteiger partial charge in [-0.25, -0.2) is 4.98 Å². The van der Waals surface area contributed by atoms with Crippen LogP contribution in [0.15, 0.2) is 53.2 Å². The molecule has 0 saturated heterocycles. The quantitative estimate of drug-likeness (QED) is 0.634. The number of aryl methyl sites for hydroxylation is 1. The fourth-order valence-corrected chi connectivity index (χ4v) is 2.01. The van der Waals surface area contributed by atoms with E-state index in [4.69, 9.17) is 16.1 Å². The summed E-state index contributed by atoms with van der Waals surface area (Å²) in [6.07, 6.45) is 1.71. The van der Waals surface area contributed by atoms with Gasteiger partial charge >= 0.3 is 0 Å². The Bertz CT molecular complexity index is 811. The van der Waals surface area contributed by atoms with E-state index in [9.17, 15) is 0 Å². The van der Waals surface area contributed by atoms with E-state index in [0.717, 1.165) is 11.1 Å². The van der Waals surface area contributed by atoms with Gasteiger partial charge in [-0.1, -0.05) is 40.9 Å². The van der Waals surface area contributed by atoms with Gasteiger partial charge in [-0.2, -0.15) is 0 Å². The van der Waals surface area contributed by atoms with Gasteiger partial charge in [-0.05, 0) is 37.1 Å². The molecule has 0 amide bonds. The number of aromatic nitrogens is 2. The highest BCUT2D eigenvalue weighted by atomic mass is 35.5. The molecular formula is C17H11ClN2O. The van der Waals surface area contributed by atoms with E-state index in [-0.39, 0.29) is 0 Å². The van der Waals surface area contributed by atoms with Crippen LogP contribution in [0.1, 0.15) is 17.0 Å². The summed E-state index contributed by atoms with van der Waals surface area (Å²) in [6.45, 7) is 1.84. The first kappa shape index (κ1) is 13.4. The molecule has 0 aliphatic rings. The molecule has 0 N–H and O–H groups in total. The molecule has 0 fully saturated rings. The molecule has 0 aliphatic carbocycles. The monoisotopic (exact) mass is 294 g/mol. The molecule has 1 aromatic carbocycles. The third kappa shape index (κ3) is 2.96. The highest BCUT2D eigenvalue weighted by molar-refractivity contribution is 6.30. The van der Waals surface area contributed by atoms with E-state index >= 15 is 0 Å². The van der Waals surface area contributed by atoms with Crippen LogP contribution in [0, 0.1) is 18.8 Å². The predicted octanol–water partition coefficient (Wildman–Crippen LogP) is 4.10. The van der Waals surface area contributed by atoms with E-state index in [1.54, 1.807) is 6.20 Å². The largest absolute Gasteiger partial charge is 0.360 e. The lowest BCUT2D eigenvalue weighted by atomic mass is 10.1. The highest BCUT2D eigenvalue weighted by Gasteiger charge is 2.12. The molecule has 3 aromatic rings. The number of pyridine rings is 1. The van der Waals surface area contributed by atoms with Gasteiger partial charge in [0, 0.05) is 16.8 Å². The fraction of sp³-hybridized carbons (Fsp3) is 0.0588. The van der Waals surface area contributed by atoms with Gasteiger partial charge in [0.2, 0.25) is 0 Å². The molecule has 3 rings (SSSR count). The third-order valence-corrected chi connectivity index (χ3v) is 3.21. The summed E-state index contributed by atoms with van der Waals surface area (Å²) in [5.74, 6) is 6.80. The molecule has 0 aliphatic heterocycles. The SMILES string of the molecule is Cc1onc(-c2ccc(Cl)cc2)c1C#Cc1ccccn1. The molecule has 102 valence electrons. The van der Waals surface area contributed by atoms with Crippen molar-refractivity contribution in [3.63, 3.8) is 0 Å². The van der Waals surface area contributed by atoms with Crippen LogP contribution in [0.5, 0.6) is 0 Å². The molecule has 0 atom stereocenters. The molecule has 0 bridgehead atoms. The second-order valence-corrected chi connectivity index (χ2v) is 4.87. The number of benzene rings is 1. The maximum Gasteiger partial charge on any atom is 0.149 e. The Labute approximate surface area is 127 Å². The molecule has 0 radical (unpaired) electrons. The van der Waals surface area contributed by atoms with Crippen molar-refractivity contribution in [3.05, 3.63) is 70.7 Å². The first-order chi connectivity index (χ1) is 10.2. The van der Waals surface area contributed by atoms with Crippen molar-refractivity contribution in [2.75, 3.05) is 0 Å². The van der Waals surface area contributed by atoms with Gasteiger partial charge in [0.25, 0.3) is 0 Å². The Kier molecular flexibility index (Phi) is 3.72. The Morgan fingerprint density at radius 2 is 1.86 bits per heavy atom. The van der Waals surface area contributed by atoms with Crippen LogP contribution < -0.4 is 0 Å². The number of rotatable bonds is 1. The zero-order valence-corrected chi connectivity index (χ0v) is 12.1. The van der Waals surface area contributed by atoms with Crippen molar-refractivity contribution in [3.8, 4) is 23.1 Å². The average Bonchev–Trinajstić information content (AvgIpc) is 2.88. The lowest BCUT2D eigenvalue weighted by Crippen LogP contribution is -1.84.